The van der Waals surface area contributed by atoms with Gasteiger partial charge < -0.3 is 9.47 Å². The predicted molar refractivity (Wildman–Crippen MR) is 86.5 cm³/mol. The first-order chi connectivity index (χ1) is 9.48. The smallest absolute Gasteiger partial charge is 0.252 e. The van der Waals surface area contributed by atoms with Crippen LogP contribution in [0.3, 0.4) is 0 Å². The summed E-state index contributed by atoms with van der Waals surface area (Å²) >= 11 is 5.70. The summed E-state index contributed by atoms with van der Waals surface area (Å²) in [6.45, 7) is 12.6. The van der Waals surface area contributed by atoms with E-state index in [0.717, 1.165) is 16.9 Å². The summed E-state index contributed by atoms with van der Waals surface area (Å²) < 4.78 is 10.9. The zero-order valence-corrected chi connectivity index (χ0v) is 14.7. The highest BCUT2D eigenvalue weighted by Crippen LogP contribution is 2.41. The van der Waals surface area contributed by atoms with E-state index in [1.165, 1.54) is 0 Å². The number of carbonyl (C=O) groups is 1. The van der Waals surface area contributed by atoms with Crippen LogP contribution >= 0.6 is 11.6 Å². The number of benzene rings is 1. The highest BCUT2D eigenvalue weighted by Gasteiger charge is 2.28. The summed E-state index contributed by atoms with van der Waals surface area (Å²) in [4.78, 5) is 11.6. The van der Waals surface area contributed by atoms with E-state index in [1.54, 1.807) is 7.11 Å². The molecule has 21 heavy (non-hydrogen) atoms. The van der Waals surface area contributed by atoms with Crippen molar-refractivity contribution in [2.45, 2.75) is 52.4 Å². The number of carbonyl (C=O) groups excluding carboxylic acids is 1. The lowest BCUT2D eigenvalue weighted by atomic mass is 9.78. The SMILES string of the molecule is COCOc1c(C(C)(C)C)cc(C(=O)Cl)cc1C(C)(C)C. The Morgan fingerprint density at radius 2 is 1.48 bits per heavy atom. The zero-order valence-electron chi connectivity index (χ0n) is 14.0. The van der Waals surface area contributed by atoms with Gasteiger partial charge in [-0.15, -0.1) is 0 Å². The molecule has 0 bridgehead atoms. The van der Waals surface area contributed by atoms with Crippen molar-refractivity contribution >= 4 is 16.8 Å². The Kier molecular flexibility index (Phi) is 5.46. The molecule has 0 aromatic heterocycles. The third-order valence-corrected chi connectivity index (χ3v) is 3.47. The lowest BCUT2D eigenvalue weighted by Crippen LogP contribution is -2.21. The number of hydrogen-bond acceptors (Lipinski definition) is 3. The maximum atomic E-state index is 11.6. The minimum atomic E-state index is -0.454. The van der Waals surface area contributed by atoms with E-state index in [1.807, 2.05) is 12.1 Å². The first-order valence-electron chi connectivity index (χ1n) is 6.99. The van der Waals surface area contributed by atoms with E-state index in [4.69, 9.17) is 21.1 Å². The average molecular weight is 313 g/mol. The van der Waals surface area contributed by atoms with Crippen LogP contribution in [0, 0.1) is 0 Å². The van der Waals surface area contributed by atoms with E-state index in [-0.39, 0.29) is 17.6 Å². The molecule has 1 rings (SSSR count). The standard InChI is InChI=1S/C17H25ClO3/c1-16(2,3)12-8-11(15(18)19)9-13(17(4,5)6)14(12)21-10-20-7/h8-9H,10H2,1-7H3. The summed E-state index contributed by atoms with van der Waals surface area (Å²) in [6.07, 6.45) is 0. The molecule has 0 fully saturated rings. The lowest BCUT2D eigenvalue weighted by Gasteiger charge is -2.30. The zero-order chi connectivity index (χ0) is 16.4. The number of rotatable bonds is 4. The highest BCUT2D eigenvalue weighted by atomic mass is 35.5. The van der Waals surface area contributed by atoms with Crippen LogP contribution in [0.15, 0.2) is 12.1 Å². The molecule has 0 saturated carbocycles. The van der Waals surface area contributed by atoms with Crippen molar-refractivity contribution in [1.82, 2.24) is 0 Å². The second kappa shape index (κ2) is 6.37. The molecule has 0 aliphatic rings. The van der Waals surface area contributed by atoms with Gasteiger partial charge in [-0.2, -0.15) is 0 Å². The molecule has 0 atom stereocenters. The van der Waals surface area contributed by atoms with Crippen molar-refractivity contribution in [2.24, 2.45) is 0 Å². The molecule has 1 aromatic rings. The summed E-state index contributed by atoms with van der Waals surface area (Å²) in [5, 5.41) is -0.454. The number of methoxy groups -OCH3 is 1. The van der Waals surface area contributed by atoms with E-state index in [2.05, 4.69) is 41.5 Å². The van der Waals surface area contributed by atoms with E-state index >= 15 is 0 Å². The predicted octanol–water partition coefficient (Wildman–Crippen LogP) is 4.64. The normalized spacial score (nSPS) is 12.4. The van der Waals surface area contributed by atoms with Gasteiger partial charge in [0.05, 0.1) is 0 Å². The number of ether oxygens (including phenoxy) is 2. The van der Waals surface area contributed by atoms with Crippen LogP contribution < -0.4 is 4.74 Å². The number of halogens is 1. The first-order valence-corrected chi connectivity index (χ1v) is 7.37. The van der Waals surface area contributed by atoms with Crippen LogP contribution in [0.5, 0.6) is 5.75 Å². The van der Waals surface area contributed by atoms with Crippen molar-refractivity contribution in [3.05, 3.63) is 28.8 Å². The van der Waals surface area contributed by atoms with Crippen molar-refractivity contribution in [2.75, 3.05) is 13.9 Å². The van der Waals surface area contributed by atoms with Gasteiger partial charge in [0.2, 0.25) is 0 Å². The molecule has 0 spiro atoms. The molecule has 0 radical (unpaired) electrons. The Hall–Kier alpha value is -1.06. The fourth-order valence-corrected chi connectivity index (χ4v) is 2.24. The fourth-order valence-electron chi connectivity index (χ4n) is 2.13. The van der Waals surface area contributed by atoms with E-state index in [0.29, 0.717) is 5.56 Å². The second-order valence-corrected chi connectivity index (χ2v) is 7.57. The Morgan fingerprint density at radius 1 is 1.05 bits per heavy atom. The number of hydrogen-bond donors (Lipinski definition) is 0. The maximum absolute atomic E-state index is 11.6. The summed E-state index contributed by atoms with van der Waals surface area (Å²) in [7, 11) is 1.59. The molecule has 0 heterocycles. The molecule has 0 aliphatic carbocycles. The van der Waals surface area contributed by atoms with Gasteiger partial charge in [0.25, 0.3) is 5.24 Å². The second-order valence-electron chi connectivity index (χ2n) is 7.23. The van der Waals surface area contributed by atoms with Gasteiger partial charge in [-0.25, -0.2) is 0 Å². The average Bonchev–Trinajstić information content (AvgIpc) is 2.32. The Labute approximate surface area is 132 Å². The van der Waals surface area contributed by atoms with Gasteiger partial charge in [0.15, 0.2) is 6.79 Å². The molecule has 0 aliphatic heterocycles. The monoisotopic (exact) mass is 312 g/mol. The van der Waals surface area contributed by atoms with E-state index < -0.39 is 5.24 Å². The molecule has 0 saturated heterocycles. The molecule has 4 heteroatoms. The summed E-state index contributed by atoms with van der Waals surface area (Å²) in [6, 6.07) is 3.63. The maximum Gasteiger partial charge on any atom is 0.252 e. The van der Waals surface area contributed by atoms with Crippen LogP contribution in [0.25, 0.3) is 0 Å². The molecule has 0 amide bonds. The van der Waals surface area contributed by atoms with Gasteiger partial charge in [-0.1, -0.05) is 41.5 Å². The fraction of sp³-hybridized carbons (Fsp3) is 0.588. The van der Waals surface area contributed by atoms with E-state index in [9.17, 15) is 4.79 Å². The van der Waals surface area contributed by atoms with Gasteiger partial charge in [-0.3, -0.25) is 4.79 Å². The largest absolute Gasteiger partial charge is 0.467 e. The van der Waals surface area contributed by atoms with Crippen molar-refractivity contribution in [3.63, 3.8) is 0 Å². The molecule has 1 aromatic carbocycles. The minimum absolute atomic E-state index is 0.167. The van der Waals surface area contributed by atoms with Crippen molar-refractivity contribution in [3.8, 4) is 5.75 Å². The lowest BCUT2D eigenvalue weighted by molar-refractivity contribution is 0.0484. The van der Waals surface area contributed by atoms with Crippen molar-refractivity contribution in [1.29, 1.82) is 0 Å². The summed E-state index contributed by atoms with van der Waals surface area (Å²) in [5.74, 6) is 0.776. The molecule has 118 valence electrons. The van der Waals surface area contributed by atoms with Gasteiger partial charge in [0.1, 0.15) is 5.75 Å². The van der Waals surface area contributed by atoms with Crippen LogP contribution in [-0.2, 0) is 15.6 Å². The summed E-state index contributed by atoms with van der Waals surface area (Å²) in [5.41, 5.74) is 2.06. The van der Waals surface area contributed by atoms with Crippen molar-refractivity contribution < 1.29 is 14.3 Å². The van der Waals surface area contributed by atoms with Crippen LogP contribution in [-0.4, -0.2) is 19.1 Å². The first kappa shape index (κ1) is 18.0. The third-order valence-electron chi connectivity index (χ3n) is 3.25. The molecule has 0 N–H and O–H groups in total. The van der Waals surface area contributed by atoms with Crippen LogP contribution in [0.4, 0.5) is 0 Å². The van der Waals surface area contributed by atoms with Crippen LogP contribution in [0.2, 0.25) is 0 Å². The topological polar surface area (TPSA) is 35.5 Å². The molecular formula is C17H25ClO3. The molecule has 0 unspecified atom stereocenters. The van der Waals surface area contributed by atoms with Gasteiger partial charge >= 0.3 is 0 Å². The Morgan fingerprint density at radius 3 is 1.76 bits per heavy atom. The Balaban J connectivity index is 3.65. The molecule has 3 nitrogen and oxygen atoms in total. The molecular weight excluding hydrogens is 288 g/mol. The quantitative estimate of drug-likeness (QED) is 0.600. The van der Waals surface area contributed by atoms with Crippen LogP contribution in [0.1, 0.15) is 63.0 Å². The van der Waals surface area contributed by atoms with Gasteiger partial charge in [-0.05, 0) is 34.6 Å². The Bertz CT molecular complexity index is 487. The third kappa shape index (κ3) is 4.45. The highest BCUT2D eigenvalue weighted by molar-refractivity contribution is 6.67. The van der Waals surface area contributed by atoms with Gasteiger partial charge in [0, 0.05) is 23.8 Å². The minimum Gasteiger partial charge on any atom is -0.467 e.